The van der Waals surface area contributed by atoms with Crippen LogP contribution in [0.3, 0.4) is 0 Å². The molecule has 4 aliphatic heterocycles. The van der Waals surface area contributed by atoms with Crippen LogP contribution in [-0.2, 0) is 97.7 Å². The fourth-order valence-electron chi connectivity index (χ4n) is 17.4. The molecule has 10 amide bonds. The van der Waals surface area contributed by atoms with E-state index < -0.39 is 77.6 Å². The number of carbonyl (C=O) groups is 15. The number of hydrogen-bond acceptors (Lipinski definition) is 21. The minimum atomic E-state index is -0.882. The van der Waals surface area contributed by atoms with E-state index in [2.05, 4.69) is 58.2 Å². The van der Waals surface area contributed by atoms with Crippen molar-refractivity contribution in [1.82, 2.24) is 52.2 Å². The number of carboxylic acids is 1. The number of halogens is 3. The Morgan fingerprint density at radius 2 is 0.777 bits per heavy atom. The molecule has 4 saturated heterocycles. The fraction of sp³-hybridized carbons (Fsp3) is 0.547. The summed E-state index contributed by atoms with van der Waals surface area (Å²) in [6, 6.07) is 14.1. The van der Waals surface area contributed by atoms with Crippen LogP contribution in [0.15, 0.2) is 83.8 Å². The van der Waals surface area contributed by atoms with Gasteiger partial charge in [0.1, 0.15) is 27.8 Å². The van der Waals surface area contributed by atoms with Crippen molar-refractivity contribution in [3.8, 4) is 6.07 Å². The van der Waals surface area contributed by atoms with Crippen LogP contribution in [0.1, 0.15) is 219 Å². The van der Waals surface area contributed by atoms with Gasteiger partial charge in [0, 0.05) is 148 Å². The summed E-state index contributed by atoms with van der Waals surface area (Å²) in [6.45, 7) is 2.73. The number of carboxylic acid groups (broad SMARTS) is 1. The summed E-state index contributed by atoms with van der Waals surface area (Å²) < 4.78 is 5.25. The first-order valence-electron chi connectivity index (χ1n) is 45.4. The first-order valence-corrected chi connectivity index (χ1v) is 46.5. The number of aromatic nitrogens is 3. The maximum atomic E-state index is 13.2. The SMILES string of the molecule is N#C[C@@H](CC(=O)[C@H](CC1CC1)NC(=O)C1=Cc2cc(Cl)ncc2C1)C[C@@H]1CCCNC1=O.NC(=O)[C@@H](CC(=O)[C@@H](N)CC1CC1)C[C@@H]1CCCNC1=O.NC(=O)[C@@H](CC(=O)[C@H](CC1CC1)NC(=O)C1=Cc2cc(Cl)ncc2C1)C[C@@H]1CCCNC1=O.NC(=O)[C@@H](CC(=O)[C@H](CC1CC1)NC(=O)OCc1ccccc1)C[C@@H]1CCCNC1=O.O=C(O)C1=Cc2cc(Cl)ncc2C1. The zero-order valence-corrected chi connectivity index (χ0v) is 75.3. The molecule has 0 spiro atoms. The van der Waals surface area contributed by atoms with E-state index in [0.29, 0.717) is 153 Å². The van der Waals surface area contributed by atoms with Gasteiger partial charge in [-0.3, -0.25) is 62.3 Å². The molecule has 15 rings (SSSR count). The molecule has 16 N–H and O–H groups in total. The number of nitrogens with one attached hydrogen (secondary N) is 7. The molecule has 1 aromatic carbocycles. The highest BCUT2D eigenvalue weighted by molar-refractivity contribution is 6.30. The number of primary amides is 3. The van der Waals surface area contributed by atoms with Gasteiger partial charge < -0.3 is 70.0 Å². The van der Waals surface area contributed by atoms with Crippen LogP contribution in [0.5, 0.6) is 0 Å². The number of piperidine rings is 4. The van der Waals surface area contributed by atoms with Crippen LogP contribution >= 0.6 is 34.8 Å². The molecule has 7 heterocycles. The van der Waals surface area contributed by atoms with Crippen molar-refractivity contribution >= 4 is 141 Å². The lowest BCUT2D eigenvalue weighted by Gasteiger charge is -2.26. The Kier molecular flexibility index (Phi) is 36.8. The Labute approximate surface area is 770 Å². The number of nitrogens with two attached hydrogens (primary N) is 4. The quantitative estimate of drug-likeness (QED) is 0.0186. The van der Waals surface area contributed by atoms with Crippen molar-refractivity contribution < 1.29 is 81.8 Å². The number of nitrogens with zero attached hydrogens (tertiary/aromatic N) is 4. The number of carbonyl (C=O) groups excluding carboxylic acids is 14. The summed E-state index contributed by atoms with van der Waals surface area (Å²) in [7, 11) is 0. The monoisotopic (exact) mass is 1850 g/mol. The minimum absolute atomic E-state index is 0.0332. The van der Waals surface area contributed by atoms with Gasteiger partial charge in [-0.2, -0.15) is 5.26 Å². The lowest BCUT2D eigenvalue weighted by atomic mass is 9.84. The smallest absolute Gasteiger partial charge is 0.408 e. The zero-order chi connectivity index (χ0) is 93.2. The van der Waals surface area contributed by atoms with E-state index in [9.17, 15) is 77.2 Å². The van der Waals surface area contributed by atoms with Gasteiger partial charge in [-0.15, -0.1) is 0 Å². The molecule has 11 aliphatic rings. The first kappa shape index (κ1) is 99.4. The third-order valence-corrected chi connectivity index (χ3v) is 26.4. The molecule has 0 unspecified atom stereocenters. The highest BCUT2D eigenvalue weighted by Gasteiger charge is 2.41. The molecule has 4 aromatic rings. The van der Waals surface area contributed by atoms with Crippen LogP contribution in [0.4, 0.5) is 4.79 Å². The lowest BCUT2D eigenvalue weighted by molar-refractivity contribution is -0.133. The topological polar surface area (TPSA) is 536 Å². The third-order valence-electron chi connectivity index (χ3n) is 25.8. The minimum Gasteiger partial charge on any atom is -0.478 e. The summed E-state index contributed by atoms with van der Waals surface area (Å²) in [5, 5.41) is 39.2. The number of ether oxygens (including phenoxy) is 1. The summed E-state index contributed by atoms with van der Waals surface area (Å²) >= 11 is 17.6. The van der Waals surface area contributed by atoms with E-state index in [1.165, 1.54) is 0 Å². The average Bonchev–Trinajstić information content (AvgIpc) is 1.13. The number of alkyl carbamates (subject to hydrolysis) is 1. The number of amides is 10. The maximum absolute atomic E-state index is 13.2. The second kappa shape index (κ2) is 48.1. The molecule has 32 nitrogen and oxygen atoms in total. The lowest BCUT2D eigenvalue weighted by Crippen LogP contribution is -2.44. The summed E-state index contributed by atoms with van der Waals surface area (Å²) in [4.78, 5) is 196. The number of aliphatic carboxylic acids is 1. The van der Waals surface area contributed by atoms with E-state index in [1.807, 2.05) is 30.3 Å². The van der Waals surface area contributed by atoms with E-state index >= 15 is 0 Å². The molecule has 696 valence electrons. The summed E-state index contributed by atoms with van der Waals surface area (Å²) in [6.07, 6.45) is 29.2. The predicted octanol–water partition coefficient (Wildman–Crippen LogP) is 8.82. The van der Waals surface area contributed by atoms with E-state index in [4.69, 9.17) is 67.6 Å². The van der Waals surface area contributed by atoms with Crippen LogP contribution < -0.4 is 60.2 Å². The van der Waals surface area contributed by atoms with Crippen molar-refractivity contribution in [3.63, 3.8) is 0 Å². The molecule has 0 bridgehead atoms. The van der Waals surface area contributed by atoms with Gasteiger partial charge in [0.15, 0.2) is 17.3 Å². The predicted molar refractivity (Wildman–Crippen MR) is 482 cm³/mol. The van der Waals surface area contributed by atoms with Crippen LogP contribution in [-0.4, -0.2) is 159 Å². The number of pyridine rings is 3. The number of rotatable bonds is 39. The van der Waals surface area contributed by atoms with Gasteiger partial charge >= 0.3 is 12.1 Å². The maximum Gasteiger partial charge on any atom is 0.408 e. The van der Waals surface area contributed by atoms with Crippen molar-refractivity contribution in [2.75, 3.05) is 26.2 Å². The molecule has 35 heteroatoms. The van der Waals surface area contributed by atoms with Gasteiger partial charge in [-0.25, -0.2) is 24.5 Å². The Morgan fingerprint density at radius 3 is 1.12 bits per heavy atom. The van der Waals surface area contributed by atoms with Gasteiger partial charge in [0.05, 0.1) is 36.2 Å². The second-order valence-corrected chi connectivity index (χ2v) is 37.5. The number of Topliss-reactive ketones (excluding diaryl/α,β-unsaturated/α-hetero) is 4. The number of nitriles is 1. The molecule has 130 heavy (non-hydrogen) atoms. The van der Waals surface area contributed by atoms with Crippen molar-refractivity contribution in [2.45, 2.75) is 230 Å². The Morgan fingerprint density at radius 1 is 0.446 bits per heavy atom. The second-order valence-electron chi connectivity index (χ2n) is 36.4. The van der Waals surface area contributed by atoms with Crippen molar-refractivity contribution in [2.24, 2.45) is 93.9 Å². The molecule has 3 aromatic heterocycles. The largest absolute Gasteiger partial charge is 0.478 e. The summed E-state index contributed by atoms with van der Waals surface area (Å²) in [5.41, 5.74) is 30.1. The first-order chi connectivity index (χ1) is 62.3. The number of fused-ring (bicyclic) bond motifs is 3. The van der Waals surface area contributed by atoms with Crippen molar-refractivity contribution in [3.05, 3.63) is 138 Å². The molecule has 0 radical (unpaired) electrons. The summed E-state index contributed by atoms with van der Waals surface area (Å²) in [5.74, 6) is -5.96. The Bertz CT molecular complexity index is 5000. The number of hydrogen-bond donors (Lipinski definition) is 12. The van der Waals surface area contributed by atoms with Gasteiger partial charge in [0.2, 0.25) is 53.2 Å². The molecule has 12 atom stereocenters. The molecule has 7 aliphatic carbocycles. The molecular formula is C95H118Cl3N15O17. The fourth-order valence-corrected chi connectivity index (χ4v) is 17.9. The van der Waals surface area contributed by atoms with E-state index in [-0.39, 0.29) is 127 Å². The van der Waals surface area contributed by atoms with Crippen molar-refractivity contribution in [1.29, 1.82) is 5.26 Å². The van der Waals surface area contributed by atoms with Gasteiger partial charge in [-0.05, 0) is 202 Å². The van der Waals surface area contributed by atoms with E-state index in [0.717, 1.165) is 129 Å². The highest BCUT2D eigenvalue weighted by Crippen LogP contribution is 2.40. The highest BCUT2D eigenvalue weighted by atomic mass is 35.5. The third kappa shape index (κ3) is 31.6. The van der Waals surface area contributed by atoms with Crippen LogP contribution in [0.2, 0.25) is 15.5 Å². The number of benzene rings is 1. The number of ketones is 4. The Hall–Kier alpha value is -11.1. The standard InChI is InChI=1S/C24H29ClN4O4.C24H27ClN4O3.C23H31N3O5.C15H25N3O3.C9H6ClNO2/c25-21-11-15-8-17(9-18(15)12-28-21)24(33)29-19(6-13-3-4-13)20(30)10-16(22(26)31)7-14-2-1-5-27-23(14)32;25-22-11-17-9-18(10-19(17)13-28-22)24(32)29-20(7-14-3-4-14)21(30)8-15(12-26)6-16-2-1-5-27-23(16)31;24-21(28)18(12-17-7-4-10-25-22(17)29)13-20(27)19(11-15-8-9-15)26-23(30)31-14-16-5-2-1-3-6-16;16-12(6-9-3-4-9)13(19)8-11(14(17)20)7-10-2-1-5-18-15(10)21;10-8-3-5-1-6(9(12)13)2-7(5)4-11-8/h8,11-14,16,19H,1-7,9-10H2,(H2,26,31)(H,27,32)(H,29,33);9,11,13-16,20H,1-8,10H2,(H,27,31)(H,29,32);1-3,5-6,15,17-19H,4,7-14H2,(H2,24,28)(H,25,29)(H,26,30);9-12H,1-8,16H2,(H2,17,20)(H,18,21);1,3-4H,2H2,(H,12,13)/t14-,16+,19-;15-,16+,20+;17-,18+,19-;10-,11+,12-;/m0100./s1. The molecule has 8 fully saturated rings. The normalized spacial score (nSPS) is 21.0. The molecule has 4 saturated carbocycles. The van der Waals surface area contributed by atoms with Gasteiger partial charge in [0.25, 0.3) is 0 Å². The zero-order valence-electron chi connectivity index (χ0n) is 73.0. The van der Waals surface area contributed by atoms with Crippen LogP contribution in [0.25, 0.3) is 18.2 Å². The van der Waals surface area contributed by atoms with Gasteiger partial charge in [-0.1, -0.05) is 117 Å². The Balaban J connectivity index is 0.000000161. The average molecular weight is 1850 g/mol. The van der Waals surface area contributed by atoms with E-state index in [1.54, 1.807) is 55.0 Å². The van der Waals surface area contributed by atoms with Crippen LogP contribution in [0, 0.1) is 82.3 Å². The molecular weight excluding hydrogens is 1730 g/mol.